The molecule has 0 atom stereocenters. The van der Waals surface area contributed by atoms with Gasteiger partial charge in [0.2, 0.25) is 0 Å². The minimum absolute atomic E-state index is 0.160. The average molecular weight is 306 g/mol. The van der Waals surface area contributed by atoms with Crippen LogP contribution in [0.1, 0.15) is 15.9 Å². The molecule has 0 aromatic heterocycles. The van der Waals surface area contributed by atoms with Gasteiger partial charge in [0.1, 0.15) is 12.4 Å². The zero-order valence-corrected chi connectivity index (χ0v) is 11.0. The number of carboxylic acids is 1. The summed E-state index contributed by atoms with van der Waals surface area (Å²) in [6.07, 6.45) is 0. The van der Waals surface area contributed by atoms with E-state index in [4.69, 9.17) is 4.74 Å². The van der Waals surface area contributed by atoms with Gasteiger partial charge in [-0.2, -0.15) is 0 Å². The monoisotopic (exact) mass is 305 g/mol. The van der Waals surface area contributed by atoms with E-state index in [-0.39, 0.29) is 12.2 Å². The maximum atomic E-state index is 10.9. The van der Waals surface area contributed by atoms with Crippen LogP contribution in [0.4, 0.5) is 0 Å². The van der Waals surface area contributed by atoms with Crippen molar-refractivity contribution in [2.24, 2.45) is 0 Å². The van der Waals surface area contributed by atoms with E-state index in [1.54, 1.807) is 18.2 Å². The molecule has 0 aliphatic rings. The van der Waals surface area contributed by atoms with E-state index >= 15 is 0 Å². The van der Waals surface area contributed by atoms with Gasteiger partial charge in [-0.1, -0.05) is 46.3 Å². The Kier molecular flexibility index (Phi) is 3.99. The van der Waals surface area contributed by atoms with E-state index < -0.39 is 5.97 Å². The Morgan fingerprint density at radius 3 is 2.67 bits per heavy atom. The first kappa shape index (κ1) is 12.6. The molecule has 0 aliphatic carbocycles. The van der Waals surface area contributed by atoms with Gasteiger partial charge < -0.3 is 14.6 Å². The molecule has 4 heteroatoms. The van der Waals surface area contributed by atoms with Crippen LogP contribution in [0.2, 0.25) is 0 Å². The number of hydrogen-bond donors (Lipinski definition) is 0. The van der Waals surface area contributed by atoms with Gasteiger partial charge in [0.25, 0.3) is 0 Å². The fourth-order valence-corrected chi connectivity index (χ4v) is 1.94. The Hall–Kier alpha value is -1.81. The average Bonchev–Trinajstić information content (AvgIpc) is 2.37. The summed E-state index contributed by atoms with van der Waals surface area (Å²) in [6.45, 7) is 0.195. The number of halogens is 1. The second-order valence-corrected chi connectivity index (χ2v) is 4.61. The highest BCUT2D eigenvalue weighted by molar-refractivity contribution is 9.10. The number of carbonyl (C=O) groups is 1. The summed E-state index contributed by atoms with van der Waals surface area (Å²) in [6, 6.07) is 14.0. The molecule has 2 aromatic rings. The minimum Gasteiger partial charge on any atom is -0.545 e. The van der Waals surface area contributed by atoms with Crippen molar-refractivity contribution >= 4 is 21.9 Å². The Labute approximate surface area is 113 Å². The predicted molar refractivity (Wildman–Crippen MR) is 69.2 cm³/mol. The van der Waals surface area contributed by atoms with E-state index in [1.807, 2.05) is 24.3 Å². The molecule has 2 aromatic carbocycles. The smallest absolute Gasteiger partial charge is 0.120 e. The lowest BCUT2D eigenvalue weighted by molar-refractivity contribution is -0.255. The summed E-state index contributed by atoms with van der Waals surface area (Å²) < 4.78 is 6.45. The van der Waals surface area contributed by atoms with Crippen LogP contribution in [-0.2, 0) is 6.61 Å². The normalized spacial score (nSPS) is 10.1. The van der Waals surface area contributed by atoms with Crippen LogP contribution in [0, 0.1) is 0 Å². The van der Waals surface area contributed by atoms with E-state index in [0.717, 1.165) is 4.47 Å². The standard InChI is InChI=1S/C14H11BrO3/c15-11-5-3-6-12(8-11)18-9-10-4-1-2-7-13(10)14(16)17/h1-8H,9H2,(H,16,17)/p-1. The Balaban J connectivity index is 2.13. The van der Waals surface area contributed by atoms with Crippen LogP contribution in [0.3, 0.4) is 0 Å². The lowest BCUT2D eigenvalue weighted by Crippen LogP contribution is -2.24. The van der Waals surface area contributed by atoms with Crippen molar-refractivity contribution in [1.82, 2.24) is 0 Å². The molecule has 0 saturated carbocycles. The molecule has 0 unspecified atom stereocenters. The molecule has 92 valence electrons. The molecular formula is C14H10BrO3-. The van der Waals surface area contributed by atoms with Crippen molar-refractivity contribution in [3.8, 4) is 5.75 Å². The Bertz CT molecular complexity index is 566. The molecule has 0 fully saturated rings. The molecule has 3 nitrogen and oxygen atoms in total. The molecule has 0 radical (unpaired) electrons. The van der Waals surface area contributed by atoms with Gasteiger partial charge in [-0.05, 0) is 23.8 Å². The summed E-state index contributed by atoms with van der Waals surface area (Å²) in [5.41, 5.74) is 0.755. The largest absolute Gasteiger partial charge is 0.545 e. The Morgan fingerprint density at radius 1 is 1.17 bits per heavy atom. The van der Waals surface area contributed by atoms with Crippen molar-refractivity contribution < 1.29 is 14.6 Å². The van der Waals surface area contributed by atoms with E-state index in [2.05, 4.69) is 15.9 Å². The third-order valence-electron chi connectivity index (χ3n) is 2.43. The topological polar surface area (TPSA) is 49.4 Å². The van der Waals surface area contributed by atoms with Crippen molar-refractivity contribution in [3.63, 3.8) is 0 Å². The second-order valence-electron chi connectivity index (χ2n) is 3.69. The first-order valence-corrected chi connectivity index (χ1v) is 6.14. The predicted octanol–water partition coefficient (Wildman–Crippen LogP) is 2.39. The van der Waals surface area contributed by atoms with Gasteiger partial charge in [-0.25, -0.2) is 0 Å². The SMILES string of the molecule is O=C([O-])c1ccccc1COc1cccc(Br)c1. The number of hydrogen-bond acceptors (Lipinski definition) is 3. The fraction of sp³-hybridized carbons (Fsp3) is 0.0714. The third kappa shape index (κ3) is 3.11. The van der Waals surface area contributed by atoms with E-state index in [1.165, 1.54) is 6.07 Å². The van der Waals surface area contributed by atoms with Crippen LogP contribution < -0.4 is 9.84 Å². The number of ether oxygens (including phenoxy) is 1. The Morgan fingerprint density at radius 2 is 1.94 bits per heavy atom. The first-order chi connectivity index (χ1) is 8.66. The van der Waals surface area contributed by atoms with Gasteiger partial charge in [-0.15, -0.1) is 0 Å². The molecule has 0 aliphatic heterocycles. The molecule has 2 rings (SSSR count). The second kappa shape index (κ2) is 5.69. The summed E-state index contributed by atoms with van der Waals surface area (Å²) in [4.78, 5) is 10.9. The number of carboxylic acid groups (broad SMARTS) is 1. The number of rotatable bonds is 4. The summed E-state index contributed by atoms with van der Waals surface area (Å²) >= 11 is 3.34. The summed E-state index contributed by atoms with van der Waals surface area (Å²) in [5.74, 6) is -0.513. The lowest BCUT2D eigenvalue weighted by Gasteiger charge is -2.11. The lowest BCUT2D eigenvalue weighted by atomic mass is 10.1. The van der Waals surface area contributed by atoms with Crippen LogP contribution in [0.15, 0.2) is 53.0 Å². The highest BCUT2D eigenvalue weighted by Gasteiger charge is 2.03. The van der Waals surface area contributed by atoms with Gasteiger partial charge in [0.05, 0.1) is 5.97 Å². The molecule has 18 heavy (non-hydrogen) atoms. The van der Waals surface area contributed by atoms with Crippen LogP contribution in [0.25, 0.3) is 0 Å². The van der Waals surface area contributed by atoms with Crippen molar-refractivity contribution in [2.75, 3.05) is 0 Å². The summed E-state index contributed by atoms with van der Waals surface area (Å²) in [7, 11) is 0. The van der Waals surface area contributed by atoms with E-state index in [9.17, 15) is 9.90 Å². The third-order valence-corrected chi connectivity index (χ3v) is 2.92. The highest BCUT2D eigenvalue weighted by atomic mass is 79.9. The highest BCUT2D eigenvalue weighted by Crippen LogP contribution is 2.19. The van der Waals surface area contributed by atoms with Crippen molar-refractivity contribution in [1.29, 1.82) is 0 Å². The molecule has 0 spiro atoms. The van der Waals surface area contributed by atoms with Crippen molar-refractivity contribution in [3.05, 3.63) is 64.1 Å². The van der Waals surface area contributed by atoms with Crippen LogP contribution in [0.5, 0.6) is 5.75 Å². The molecule has 0 saturated heterocycles. The maximum Gasteiger partial charge on any atom is 0.120 e. The van der Waals surface area contributed by atoms with E-state index in [0.29, 0.717) is 11.3 Å². The first-order valence-electron chi connectivity index (χ1n) is 5.34. The number of benzene rings is 2. The van der Waals surface area contributed by atoms with Crippen LogP contribution in [-0.4, -0.2) is 5.97 Å². The summed E-state index contributed by atoms with van der Waals surface area (Å²) in [5, 5.41) is 10.9. The number of aromatic carboxylic acids is 1. The fourth-order valence-electron chi connectivity index (χ4n) is 1.56. The van der Waals surface area contributed by atoms with Gasteiger partial charge >= 0.3 is 0 Å². The molecule has 0 N–H and O–H groups in total. The van der Waals surface area contributed by atoms with Gasteiger partial charge in [-0.3, -0.25) is 0 Å². The molecular weight excluding hydrogens is 296 g/mol. The molecule has 0 bridgehead atoms. The number of carbonyl (C=O) groups excluding carboxylic acids is 1. The van der Waals surface area contributed by atoms with Gasteiger partial charge in [0, 0.05) is 10.0 Å². The van der Waals surface area contributed by atoms with Crippen LogP contribution >= 0.6 is 15.9 Å². The molecule has 0 heterocycles. The maximum absolute atomic E-state index is 10.9. The zero-order valence-electron chi connectivity index (χ0n) is 9.43. The van der Waals surface area contributed by atoms with Gasteiger partial charge in [0.15, 0.2) is 0 Å². The zero-order chi connectivity index (χ0) is 13.0. The quantitative estimate of drug-likeness (QED) is 0.871. The molecule has 0 amide bonds. The minimum atomic E-state index is -1.19. The van der Waals surface area contributed by atoms with Crippen molar-refractivity contribution in [2.45, 2.75) is 6.61 Å².